The molecule has 0 aliphatic rings. The van der Waals surface area contributed by atoms with E-state index in [1.807, 2.05) is 24.3 Å². The van der Waals surface area contributed by atoms with Crippen LogP contribution in [0.15, 0.2) is 59.5 Å². The van der Waals surface area contributed by atoms with Gasteiger partial charge in [0.1, 0.15) is 30.4 Å². The van der Waals surface area contributed by atoms with E-state index in [0.29, 0.717) is 17.3 Å². The molecule has 1 aromatic carbocycles. The molecule has 0 bridgehead atoms. The summed E-state index contributed by atoms with van der Waals surface area (Å²) in [5, 5.41) is 19.5. The number of benzene rings is 1. The number of oxazole rings is 1. The zero-order valence-electron chi connectivity index (χ0n) is 14.1. The molecule has 0 radical (unpaired) electrons. The monoisotopic (exact) mass is 340 g/mol. The van der Waals surface area contributed by atoms with Crippen LogP contribution in [0.25, 0.3) is 22.7 Å². The third-order valence-electron chi connectivity index (χ3n) is 3.79. The van der Waals surface area contributed by atoms with Gasteiger partial charge in [0.15, 0.2) is 0 Å². The van der Waals surface area contributed by atoms with Crippen molar-refractivity contribution in [3.63, 3.8) is 0 Å². The fourth-order valence-electron chi connectivity index (χ4n) is 2.13. The first-order valence-electron chi connectivity index (χ1n) is 7.93. The van der Waals surface area contributed by atoms with Crippen molar-refractivity contribution >= 4 is 0 Å². The lowest BCUT2D eigenvalue weighted by molar-refractivity contribution is -0.0661. The van der Waals surface area contributed by atoms with E-state index in [1.165, 1.54) is 13.8 Å². The SMILES string of the molecule is CC(C)(O)[C@H](O)COc1ccc(-c2coc(-c3cccnc3)n2)cc1. The van der Waals surface area contributed by atoms with Crippen LogP contribution in [0.4, 0.5) is 0 Å². The van der Waals surface area contributed by atoms with Gasteiger partial charge in [0.05, 0.1) is 11.2 Å². The first-order valence-corrected chi connectivity index (χ1v) is 7.93. The summed E-state index contributed by atoms with van der Waals surface area (Å²) in [5.74, 6) is 1.11. The van der Waals surface area contributed by atoms with Crippen molar-refractivity contribution in [1.82, 2.24) is 9.97 Å². The van der Waals surface area contributed by atoms with Crippen molar-refractivity contribution in [3.8, 4) is 28.5 Å². The summed E-state index contributed by atoms with van der Waals surface area (Å²) in [6.07, 6.45) is 4.02. The Labute approximate surface area is 145 Å². The Balaban J connectivity index is 1.68. The number of hydrogen-bond donors (Lipinski definition) is 2. The van der Waals surface area contributed by atoms with Gasteiger partial charge in [-0.15, -0.1) is 0 Å². The van der Waals surface area contributed by atoms with Gasteiger partial charge in [-0.05, 0) is 50.2 Å². The summed E-state index contributed by atoms with van der Waals surface area (Å²) in [7, 11) is 0. The summed E-state index contributed by atoms with van der Waals surface area (Å²) < 4.78 is 11.0. The maximum Gasteiger partial charge on any atom is 0.228 e. The largest absolute Gasteiger partial charge is 0.491 e. The lowest BCUT2D eigenvalue weighted by Gasteiger charge is -2.24. The molecule has 0 saturated heterocycles. The predicted molar refractivity (Wildman–Crippen MR) is 93.0 cm³/mol. The van der Waals surface area contributed by atoms with E-state index >= 15 is 0 Å². The van der Waals surface area contributed by atoms with Gasteiger partial charge in [0.2, 0.25) is 5.89 Å². The second-order valence-electron chi connectivity index (χ2n) is 6.28. The van der Waals surface area contributed by atoms with Gasteiger partial charge in [-0.3, -0.25) is 4.98 Å². The lowest BCUT2D eigenvalue weighted by atomic mass is 10.0. The molecular weight excluding hydrogens is 320 g/mol. The highest BCUT2D eigenvalue weighted by atomic mass is 16.5. The van der Waals surface area contributed by atoms with E-state index < -0.39 is 11.7 Å². The van der Waals surface area contributed by atoms with Crippen LogP contribution in [-0.2, 0) is 0 Å². The number of aliphatic hydroxyl groups excluding tert-OH is 1. The van der Waals surface area contributed by atoms with E-state index in [0.717, 1.165) is 11.1 Å². The molecule has 1 atom stereocenters. The van der Waals surface area contributed by atoms with Gasteiger partial charge < -0.3 is 19.4 Å². The minimum atomic E-state index is -1.21. The fraction of sp³-hybridized carbons (Fsp3) is 0.263. The molecule has 2 heterocycles. The first-order chi connectivity index (χ1) is 11.9. The van der Waals surface area contributed by atoms with Crippen molar-refractivity contribution in [2.24, 2.45) is 0 Å². The maximum absolute atomic E-state index is 9.79. The van der Waals surface area contributed by atoms with E-state index in [4.69, 9.17) is 9.15 Å². The average molecular weight is 340 g/mol. The number of rotatable bonds is 6. The Hall–Kier alpha value is -2.70. The number of hydrogen-bond acceptors (Lipinski definition) is 6. The van der Waals surface area contributed by atoms with Crippen molar-refractivity contribution < 1.29 is 19.4 Å². The molecule has 3 aromatic rings. The molecule has 6 nitrogen and oxygen atoms in total. The van der Waals surface area contributed by atoms with Crippen LogP contribution in [-0.4, -0.2) is 38.5 Å². The summed E-state index contributed by atoms with van der Waals surface area (Å²) in [6, 6.07) is 11.0. The number of nitrogens with zero attached hydrogens (tertiary/aromatic N) is 2. The minimum absolute atomic E-state index is 0.0119. The van der Waals surface area contributed by atoms with Gasteiger partial charge >= 0.3 is 0 Å². The predicted octanol–water partition coefficient (Wildman–Crippen LogP) is 2.91. The number of aliphatic hydroxyl groups is 2. The maximum atomic E-state index is 9.79. The van der Waals surface area contributed by atoms with Crippen LogP contribution in [0.1, 0.15) is 13.8 Å². The Kier molecular flexibility index (Phi) is 4.83. The number of ether oxygens (including phenoxy) is 1. The molecule has 0 unspecified atom stereocenters. The van der Waals surface area contributed by atoms with Crippen LogP contribution < -0.4 is 4.74 Å². The number of aromatic nitrogens is 2. The van der Waals surface area contributed by atoms with Crippen LogP contribution in [0.3, 0.4) is 0 Å². The fourth-order valence-corrected chi connectivity index (χ4v) is 2.13. The van der Waals surface area contributed by atoms with Gasteiger partial charge in [-0.25, -0.2) is 4.98 Å². The Morgan fingerprint density at radius 1 is 1.16 bits per heavy atom. The summed E-state index contributed by atoms with van der Waals surface area (Å²) in [6.45, 7) is 3.08. The highest BCUT2D eigenvalue weighted by molar-refractivity contribution is 5.62. The molecule has 6 heteroatoms. The zero-order valence-corrected chi connectivity index (χ0v) is 14.1. The molecular formula is C19H20N2O4. The van der Waals surface area contributed by atoms with Gasteiger partial charge in [0.25, 0.3) is 0 Å². The molecule has 0 saturated carbocycles. The Morgan fingerprint density at radius 2 is 1.92 bits per heavy atom. The Bertz CT molecular complexity index is 807. The molecule has 25 heavy (non-hydrogen) atoms. The van der Waals surface area contributed by atoms with E-state index in [2.05, 4.69) is 9.97 Å². The summed E-state index contributed by atoms with van der Waals surface area (Å²) in [5.41, 5.74) is 1.20. The van der Waals surface area contributed by atoms with Crippen molar-refractivity contribution in [3.05, 3.63) is 55.1 Å². The molecule has 130 valence electrons. The minimum Gasteiger partial charge on any atom is -0.491 e. The topological polar surface area (TPSA) is 88.6 Å². The first kappa shape index (κ1) is 17.1. The molecule has 0 aliphatic heterocycles. The second-order valence-corrected chi connectivity index (χ2v) is 6.28. The van der Waals surface area contributed by atoms with Crippen LogP contribution in [0.2, 0.25) is 0 Å². The zero-order chi connectivity index (χ0) is 17.9. The quantitative estimate of drug-likeness (QED) is 0.717. The second kappa shape index (κ2) is 7.04. The summed E-state index contributed by atoms with van der Waals surface area (Å²) in [4.78, 5) is 8.52. The van der Waals surface area contributed by atoms with Gasteiger partial charge in [-0.2, -0.15) is 0 Å². The smallest absolute Gasteiger partial charge is 0.228 e. The average Bonchev–Trinajstić information content (AvgIpc) is 3.10. The van der Waals surface area contributed by atoms with E-state index in [-0.39, 0.29) is 6.61 Å². The molecule has 3 rings (SSSR count). The molecule has 0 spiro atoms. The van der Waals surface area contributed by atoms with E-state index in [9.17, 15) is 10.2 Å². The molecule has 0 fully saturated rings. The van der Waals surface area contributed by atoms with Gasteiger partial charge in [-0.1, -0.05) is 0 Å². The number of pyridine rings is 1. The van der Waals surface area contributed by atoms with Crippen LogP contribution in [0, 0.1) is 0 Å². The van der Waals surface area contributed by atoms with Gasteiger partial charge in [0, 0.05) is 18.0 Å². The third-order valence-corrected chi connectivity index (χ3v) is 3.79. The molecule has 2 aromatic heterocycles. The standard InChI is InChI=1S/C19H20N2O4/c1-19(2,23)17(22)12-24-15-7-5-13(6-8-15)16-11-25-18(21-16)14-4-3-9-20-10-14/h3-11,17,22-23H,12H2,1-2H3/t17-/m1/s1. The highest BCUT2D eigenvalue weighted by Gasteiger charge is 2.24. The molecule has 2 N–H and O–H groups in total. The Morgan fingerprint density at radius 3 is 2.56 bits per heavy atom. The third kappa shape index (κ3) is 4.23. The van der Waals surface area contributed by atoms with Crippen molar-refractivity contribution in [2.75, 3.05) is 6.61 Å². The van der Waals surface area contributed by atoms with E-state index in [1.54, 1.807) is 30.8 Å². The lowest BCUT2D eigenvalue weighted by Crippen LogP contribution is -2.40. The molecule has 0 amide bonds. The summed E-state index contributed by atoms with van der Waals surface area (Å²) >= 11 is 0. The normalized spacial score (nSPS) is 12.8. The van der Waals surface area contributed by atoms with Crippen LogP contribution in [0.5, 0.6) is 5.75 Å². The van der Waals surface area contributed by atoms with Crippen molar-refractivity contribution in [1.29, 1.82) is 0 Å². The van der Waals surface area contributed by atoms with Crippen molar-refractivity contribution in [2.45, 2.75) is 25.6 Å². The molecule has 0 aliphatic carbocycles. The van der Waals surface area contributed by atoms with Crippen LogP contribution >= 0.6 is 0 Å². The highest BCUT2D eigenvalue weighted by Crippen LogP contribution is 2.25.